The van der Waals surface area contributed by atoms with Crippen molar-refractivity contribution in [1.29, 1.82) is 0 Å². The summed E-state index contributed by atoms with van der Waals surface area (Å²) in [4.78, 5) is 42.8. The Morgan fingerprint density at radius 1 is 0.757 bits per heavy atom. The van der Waals surface area contributed by atoms with Crippen molar-refractivity contribution in [2.24, 2.45) is 0 Å². The summed E-state index contributed by atoms with van der Waals surface area (Å²) in [7, 11) is 0. The standard InChI is InChI=1S/C18H35NO4.C6H10O2.C3H6O2.Na/c1-2-3-4-5-6-7-8-9-10-11-14-19(15-12-17(20)21)16-13-18(22)23;1-3-5-8-6(7)4-2;1-2-3(4)5;/h2-16H2,1H3,(H,20,21)(H,22,23);3H,1,4-5H2,2H3;2H2,1H3,(H,4,5);/q;;;+1/p-1. The van der Waals surface area contributed by atoms with Crippen LogP contribution in [-0.4, -0.2) is 65.2 Å². The minimum Gasteiger partial charge on any atom is -0.550 e. The topological polar surface area (TPSA) is 144 Å². The minimum absolute atomic E-state index is 0. The van der Waals surface area contributed by atoms with Crippen molar-refractivity contribution in [3.8, 4) is 0 Å². The third kappa shape index (κ3) is 44.9. The second-order valence-corrected chi connectivity index (χ2v) is 8.36. The van der Waals surface area contributed by atoms with Gasteiger partial charge in [-0.15, -0.1) is 0 Å². The first-order valence-corrected chi connectivity index (χ1v) is 13.3. The van der Waals surface area contributed by atoms with Gasteiger partial charge >= 0.3 is 47.5 Å². The summed E-state index contributed by atoms with van der Waals surface area (Å²) in [6, 6.07) is 0. The van der Waals surface area contributed by atoms with Crippen LogP contribution in [0.15, 0.2) is 12.7 Å². The van der Waals surface area contributed by atoms with Gasteiger partial charge in [0, 0.05) is 31.9 Å². The number of ether oxygens (including phenoxy) is 1. The summed E-state index contributed by atoms with van der Waals surface area (Å²) >= 11 is 0. The van der Waals surface area contributed by atoms with Crippen LogP contribution in [-0.2, 0) is 23.9 Å². The van der Waals surface area contributed by atoms with Crippen LogP contribution in [0, 0.1) is 0 Å². The van der Waals surface area contributed by atoms with Crippen molar-refractivity contribution < 1.29 is 68.8 Å². The Morgan fingerprint density at radius 2 is 1.22 bits per heavy atom. The molecule has 37 heavy (non-hydrogen) atoms. The van der Waals surface area contributed by atoms with Gasteiger partial charge in [-0.1, -0.05) is 91.2 Å². The molecule has 0 aliphatic carbocycles. The molecule has 0 aliphatic heterocycles. The van der Waals surface area contributed by atoms with E-state index >= 15 is 0 Å². The number of carboxylic acids is 3. The van der Waals surface area contributed by atoms with Crippen LogP contribution < -0.4 is 34.7 Å². The van der Waals surface area contributed by atoms with Gasteiger partial charge in [-0.05, 0) is 19.4 Å². The van der Waals surface area contributed by atoms with E-state index in [-0.39, 0.29) is 54.8 Å². The van der Waals surface area contributed by atoms with Gasteiger partial charge in [-0.25, -0.2) is 0 Å². The van der Waals surface area contributed by atoms with Gasteiger partial charge in [0.1, 0.15) is 6.61 Å². The Labute approximate surface area is 246 Å². The maximum Gasteiger partial charge on any atom is 1.00 e. The van der Waals surface area contributed by atoms with E-state index in [9.17, 15) is 24.3 Å². The summed E-state index contributed by atoms with van der Waals surface area (Å²) in [5, 5.41) is 27.0. The van der Waals surface area contributed by atoms with Gasteiger partial charge in [-0.3, -0.25) is 14.4 Å². The molecule has 0 saturated heterocycles. The molecule has 0 aromatic carbocycles. The van der Waals surface area contributed by atoms with Crippen LogP contribution in [0.1, 0.15) is 111 Å². The zero-order valence-electron chi connectivity index (χ0n) is 23.8. The number of aliphatic carboxylic acids is 3. The third-order valence-electron chi connectivity index (χ3n) is 5.06. The van der Waals surface area contributed by atoms with Gasteiger partial charge in [0.15, 0.2) is 0 Å². The maximum absolute atomic E-state index is 10.6. The van der Waals surface area contributed by atoms with E-state index < -0.39 is 17.9 Å². The molecule has 0 atom stereocenters. The largest absolute Gasteiger partial charge is 1.00 e. The first-order chi connectivity index (χ1) is 17.1. The molecule has 2 N–H and O–H groups in total. The maximum atomic E-state index is 10.6. The first kappa shape index (κ1) is 42.7. The first-order valence-electron chi connectivity index (χ1n) is 13.3. The predicted octanol–water partition coefficient (Wildman–Crippen LogP) is 1.43. The fourth-order valence-corrected chi connectivity index (χ4v) is 2.92. The Kier molecular flexibility index (Phi) is 39.9. The average Bonchev–Trinajstić information content (AvgIpc) is 2.85. The van der Waals surface area contributed by atoms with Gasteiger partial charge < -0.3 is 29.8 Å². The summed E-state index contributed by atoms with van der Waals surface area (Å²) in [6.07, 6.45) is 14.8. The van der Waals surface area contributed by atoms with E-state index in [1.54, 1.807) is 19.9 Å². The van der Waals surface area contributed by atoms with Crippen molar-refractivity contribution in [1.82, 2.24) is 4.90 Å². The molecule has 10 heteroatoms. The summed E-state index contributed by atoms with van der Waals surface area (Å²) in [5.41, 5.74) is 0. The van der Waals surface area contributed by atoms with Gasteiger partial charge in [0.25, 0.3) is 0 Å². The number of hydrogen-bond acceptors (Lipinski definition) is 7. The van der Waals surface area contributed by atoms with Crippen LogP contribution >= 0.6 is 0 Å². The summed E-state index contributed by atoms with van der Waals surface area (Å²) in [6.45, 7) is 10.9. The smallest absolute Gasteiger partial charge is 0.550 e. The Morgan fingerprint density at radius 3 is 1.59 bits per heavy atom. The van der Waals surface area contributed by atoms with Gasteiger partial charge in [-0.2, -0.15) is 0 Å². The van der Waals surface area contributed by atoms with Crippen molar-refractivity contribution in [3.63, 3.8) is 0 Å². The molecule has 0 fully saturated rings. The molecule has 0 unspecified atom stereocenters. The van der Waals surface area contributed by atoms with Gasteiger partial charge in [0.05, 0.1) is 6.42 Å². The van der Waals surface area contributed by atoms with Crippen molar-refractivity contribution >= 4 is 23.9 Å². The molecule has 0 heterocycles. The van der Waals surface area contributed by atoms with Crippen LogP contribution in [0.5, 0.6) is 0 Å². The average molecular weight is 540 g/mol. The molecule has 0 aromatic heterocycles. The van der Waals surface area contributed by atoms with E-state index in [0.717, 1.165) is 19.4 Å². The molecule has 0 aromatic rings. The monoisotopic (exact) mass is 539 g/mol. The normalized spacial score (nSPS) is 9.62. The number of carbonyl (C=O) groups is 4. The Balaban J connectivity index is -0.000000320. The van der Waals surface area contributed by atoms with Crippen molar-refractivity contribution in [2.45, 2.75) is 111 Å². The molecule has 0 amide bonds. The van der Waals surface area contributed by atoms with E-state index in [1.807, 2.05) is 4.90 Å². The van der Waals surface area contributed by atoms with Gasteiger partial charge in [0.2, 0.25) is 0 Å². The fourth-order valence-electron chi connectivity index (χ4n) is 2.92. The van der Waals surface area contributed by atoms with E-state index in [2.05, 4.69) is 18.2 Å². The zero-order chi connectivity index (χ0) is 28.0. The zero-order valence-corrected chi connectivity index (χ0v) is 25.8. The number of nitrogens with zero attached hydrogens (tertiary/aromatic N) is 1. The summed E-state index contributed by atoms with van der Waals surface area (Å²) in [5.74, 6) is -2.84. The van der Waals surface area contributed by atoms with Crippen molar-refractivity contribution in [2.75, 3.05) is 26.2 Å². The Hall–Kier alpha value is -1.42. The van der Waals surface area contributed by atoms with Crippen LogP contribution in [0.3, 0.4) is 0 Å². The number of rotatable bonds is 21. The molecule has 0 radical (unpaired) electrons. The molecule has 0 rings (SSSR count). The SMILES string of the molecule is C=CCOC(=O)CC.CCC(=O)O.CCCCCCCCCCCCN(CCC(=O)[O-])CCC(=O)O.[Na+]. The fraction of sp³-hybridized carbons (Fsp3) is 0.778. The van der Waals surface area contributed by atoms with E-state index in [0.29, 0.717) is 26.1 Å². The van der Waals surface area contributed by atoms with E-state index in [4.69, 9.17) is 10.2 Å². The summed E-state index contributed by atoms with van der Waals surface area (Å²) < 4.78 is 4.58. The molecule has 9 nitrogen and oxygen atoms in total. The number of hydrogen-bond donors (Lipinski definition) is 2. The molecule has 0 aliphatic rings. The minimum atomic E-state index is -1.08. The molecule has 212 valence electrons. The number of esters is 1. The second-order valence-electron chi connectivity index (χ2n) is 8.36. The van der Waals surface area contributed by atoms with Crippen LogP contribution in [0.2, 0.25) is 0 Å². The molecule has 0 saturated carbocycles. The quantitative estimate of drug-likeness (QED) is 0.0958. The second kappa shape index (κ2) is 34.6. The van der Waals surface area contributed by atoms with Crippen LogP contribution in [0.4, 0.5) is 0 Å². The molecular formula is C27H50NNaO8. The number of carbonyl (C=O) groups excluding carboxylic acids is 2. The molecular weight excluding hydrogens is 489 g/mol. The Bertz CT molecular complexity index is 555. The third-order valence-corrected chi connectivity index (χ3v) is 5.06. The van der Waals surface area contributed by atoms with Crippen molar-refractivity contribution in [3.05, 3.63) is 12.7 Å². The predicted molar refractivity (Wildman–Crippen MR) is 140 cm³/mol. The number of unbranched alkanes of at least 4 members (excludes halogenated alkanes) is 9. The van der Waals surface area contributed by atoms with Crippen LogP contribution in [0.25, 0.3) is 0 Å². The van der Waals surface area contributed by atoms with E-state index in [1.165, 1.54) is 51.4 Å². The molecule has 0 spiro atoms. The molecule has 0 bridgehead atoms. The number of carboxylic acid groups (broad SMARTS) is 3.